The Morgan fingerprint density at radius 1 is 1.17 bits per heavy atom. The van der Waals surface area contributed by atoms with E-state index in [-0.39, 0.29) is 10.7 Å². The topological polar surface area (TPSA) is 67.9 Å². The molecular formula is C16H18N2O4S. The van der Waals surface area contributed by atoms with Crippen LogP contribution in [0.5, 0.6) is 11.5 Å². The Morgan fingerprint density at radius 3 is 2.48 bits per heavy atom. The second-order valence-electron chi connectivity index (χ2n) is 4.75. The predicted molar refractivity (Wildman–Crippen MR) is 90.3 cm³/mol. The van der Waals surface area contributed by atoms with Gasteiger partial charge in [-0.3, -0.25) is 19.8 Å². The summed E-state index contributed by atoms with van der Waals surface area (Å²) >= 11 is 4.91. The molecule has 0 aromatic heterocycles. The van der Waals surface area contributed by atoms with Gasteiger partial charge in [0.2, 0.25) is 0 Å². The molecule has 0 saturated carbocycles. The van der Waals surface area contributed by atoms with E-state index in [1.807, 2.05) is 13.8 Å². The number of hydrogen-bond donors (Lipinski definition) is 1. The third-order valence-corrected chi connectivity index (χ3v) is 3.56. The summed E-state index contributed by atoms with van der Waals surface area (Å²) in [5.41, 5.74) is 0.685. The Balaban J connectivity index is 2.38. The van der Waals surface area contributed by atoms with E-state index >= 15 is 0 Å². The van der Waals surface area contributed by atoms with Gasteiger partial charge < -0.3 is 9.47 Å². The average molecular weight is 334 g/mol. The number of carbonyl (C=O) groups is 2. The van der Waals surface area contributed by atoms with Crippen molar-refractivity contribution in [3.63, 3.8) is 0 Å². The van der Waals surface area contributed by atoms with Crippen molar-refractivity contribution in [3.8, 4) is 11.5 Å². The van der Waals surface area contributed by atoms with Crippen LogP contribution >= 0.6 is 12.2 Å². The number of likely N-dealkylation sites (N-methyl/N-ethyl adjacent to an activating group) is 1. The van der Waals surface area contributed by atoms with Gasteiger partial charge in [0, 0.05) is 7.05 Å². The molecule has 7 heteroatoms. The second kappa shape index (κ2) is 7.23. The van der Waals surface area contributed by atoms with Crippen molar-refractivity contribution < 1.29 is 19.1 Å². The maximum Gasteiger partial charge on any atom is 0.265 e. The lowest BCUT2D eigenvalue weighted by atomic mass is 10.1. The first-order valence-electron chi connectivity index (χ1n) is 7.22. The van der Waals surface area contributed by atoms with Crippen molar-refractivity contribution >= 4 is 35.2 Å². The zero-order valence-corrected chi connectivity index (χ0v) is 14.0. The van der Waals surface area contributed by atoms with E-state index in [1.165, 1.54) is 18.0 Å². The van der Waals surface area contributed by atoms with Crippen molar-refractivity contribution in [1.82, 2.24) is 10.2 Å². The van der Waals surface area contributed by atoms with Crippen LogP contribution in [0.1, 0.15) is 19.4 Å². The second-order valence-corrected chi connectivity index (χ2v) is 5.14. The van der Waals surface area contributed by atoms with Gasteiger partial charge in [-0.15, -0.1) is 0 Å². The Kier molecular flexibility index (Phi) is 5.33. The Morgan fingerprint density at radius 2 is 1.83 bits per heavy atom. The fourth-order valence-electron chi connectivity index (χ4n) is 2.07. The number of amides is 2. The Bertz CT molecular complexity index is 685. The summed E-state index contributed by atoms with van der Waals surface area (Å²) in [6.07, 6.45) is 1.51. The molecule has 0 spiro atoms. The molecule has 6 nitrogen and oxygen atoms in total. The molecule has 1 saturated heterocycles. The van der Waals surface area contributed by atoms with Gasteiger partial charge in [0.05, 0.1) is 13.2 Å². The molecule has 0 aliphatic carbocycles. The molecule has 1 aliphatic rings. The maximum absolute atomic E-state index is 12.2. The van der Waals surface area contributed by atoms with Crippen LogP contribution < -0.4 is 14.8 Å². The molecule has 1 aromatic rings. The number of hydrogen-bond acceptors (Lipinski definition) is 5. The maximum atomic E-state index is 12.2. The zero-order chi connectivity index (χ0) is 17.0. The summed E-state index contributed by atoms with van der Waals surface area (Å²) in [6.45, 7) is 4.75. The molecule has 0 radical (unpaired) electrons. The van der Waals surface area contributed by atoms with Gasteiger partial charge in [-0.1, -0.05) is 6.07 Å². The average Bonchev–Trinajstić information content (AvgIpc) is 2.52. The highest BCUT2D eigenvalue weighted by atomic mass is 32.1. The van der Waals surface area contributed by atoms with Crippen LogP contribution in [-0.4, -0.2) is 42.1 Å². The standard InChI is InChI=1S/C16H18N2O4S/c1-4-21-12-7-6-10(9-13(12)22-5-2)8-11-14(19)17-16(23)18(3)15(11)20/h6-9H,4-5H2,1-3H3,(H,17,19,23)/b11-8+. The van der Waals surface area contributed by atoms with Crippen LogP contribution in [0.2, 0.25) is 0 Å². The van der Waals surface area contributed by atoms with Crippen molar-refractivity contribution in [2.75, 3.05) is 20.3 Å². The number of nitrogens with zero attached hydrogens (tertiary/aromatic N) is 1. The van der Waals surface area contributed by atoms with Crippen LogP contribution in [-0.2, 0) is 9.59 Å². The van der Waals surface area contributed by atoms with Gasteiger partial charge in [0.25, 0.3) is 11.8 Å². The highest BCUT2D eigenvalue weighted by Gasteiger charge is 2.30. The van der Waals surface area contributed by atoms with Crippen LogP contribution in [0.15, 0.2) is 23.8 Å². The summed E-state index contributed by atoms with van der Waals surface area (Å²) < 4.78 is 11.0. The predicted octanol–water partition coefficient (Wildman–Crippen LogP) is 1.74. The Labute approximate surface area is 140 Å². The van der Waals surface area contributed by atoms with E-state index in [4.69, 9.17) is 21.7 Å². The molecule has 2 amide bonds. The number of rotatable bonds is 5. The molecule has 2 rings (SSSR count). The van der Waals surface area contributed by atoms with Crippen LogP contribution in [0.25, 0.3) is 6.08 Å². The lowest BCUT2D eigenvalue weighted by Crippen LogP contribution is -2.52. The lowest BCUT2D eigenvalue weighted by molar-refractivity contribution is -0.128. The minimum absolute atomic E-state index is 0.0210. The number of ether oxygens (including phenoxy) is 2. The van der Waals surface area contributed by atoms with Gasteiger partial charge in [-0.25, -0.2) is 0 Å². The number of thiocarbonyl (C=S) groups is 1. The first kappa shape index (κ1) is 17.0. The number of carbonyl (C=O) groups excluding carboxylic acids is 2. The normalized spacial score (nSPS) is 16.6. The molecule has 23 heavy (non-hydrogen) atoms. The number of benzene rings is 1. The fraction of sp³-hybridized carbons (Fsp3) is 0.312. The molecule has 1 N–H and O–H groups in total. The molecule has 1 aliphatic heterocycles. The van der Waals surface area contributed by atoms with Gasteiger partial charge >= 0.3 is 0 Å². The molecule has 122 valence electrons. The van der Waals surface area contributed by atoms with Crippen molar-refractivity contribution in [1.29, 1.82) is 0 Å². The number of nitrogens with one attached hydrogen (secondary N) is 1. The SMILES string of the molecule is CCOc1ccc(/C=C2\C(=O)NC(=S)N(C)C2=O)cc1OCC. The van der Waals surface area contributed by atoms with Crippen LogP contribution in [0.4, 0.5) is 0 Å². The van der Waals surface area contributed by atoms with Crippen LogP contribution in [0.3, 0.4) is 0 Å². The first-order valence-corrected chi connectivity index (χ1v) is 7.63. The van der Waals surface area contributed by atoms with E-state index in [0.717, 1.165) is 0 Å². The van der Waals surface area contributed by atoms with Crippen molar-refractivity contribution in [3.05, 3.63) is 29.3 Å². The van der Waals surface area contributed by atoms with E-state index in [0.29, 0.717) is 30.3 Å². The molecule has 1 aromatic carbocycles. The van der Waals surface area contributed by atoms with Crippen molar-refractivity contribution in [2.45, 2.75) is 13.8 Å². The largest absolute Gasteiger partial charge is 0.490 e. The molecular weight excluding hydrogens is 316 g/mol. The molecule has 1 heterocycles. The third kappa shape index (κ3) is 3.68. The van der Waals surface area contributed by atoms with Crippen LogP contribution in [0, 0.1) is 0 Å². The summed E-state index contributed by atoms with van der Waals surface area (Å²) in [6, 6.07) is 5.24. The van der Waals surface area contributed by atoms with Gasteiger partial charge in [-0.2, -0.15) is 0 Å². The highest BCUT2D eigenvalue weighted by Crippen LogP contribution is 2.29. The smallest absolute Gasteiger partial charge is 0.265 e. The fourth-order valence-corrected chi connectivity index (χ4v) is 2.25. The monoisotopic (exact) mass is 334 g/mol. The van der Waals surface area contributed by atoms with Gasteiger partial charge in [-0.05, 0) is 49.8 Å². The summed E-state index contributed by atoms with van der Waals surface area (Å²) in [7, 11) is 1.52. The van der Waals surface area contributed by atoms with Gasteiger partial charge in [0.15, 0.2) is 16.6 Å². The zero-order valence-electron chi connectivity index (χ0n) is 13.2. The molecule has 1 fully saturated rings. The summed E-state index contributed by atoms with van der Waals surface area (Å²) in [5.74, 6) is 0.237. The highest BCUT2D eigenvalue weighted by molar-refractivity contribution is 7.80. The van der Waals surface area contributed by atoms with E-state index < -0.39 is 11.8 Å². The Hall–Kier alpha value is -2.41. The minimum atomic E-state index is -0.509. The third-order valence-electron chi connectivity index (χ3n) is 3.18. The van der Waals surface area contributed by atoms with Gasteiger partial charge in [0.1, 0.15) is 5.57 Å². The first-order chi connectivity index (χ1) is 11.0. The minimum Gasteiger partial charge on any atom is -0.490 e. The summed E-state index contributed by atoms with van der Waals surface area (Å²) in [5, 5.41) is 2.57. The quantitative estimate of drug-likeness (QED) is 0.505. The van der Waals surface area contributed by atoms with E-state index in [9.17, 15) is 9.59 Å². The van der Waals surface area contributed by atoms with E-state index in [1.54, 1.807) is 18.2 Å². The lowest BCUT2D eigenvalue weighted by Gasteiger charge is -2.25. The van der Waals surface area contributed by atoms with E-state index in [2.05, 4.69) is 5.32 Å². The molecule has 0 atom stereocenters. The molecule has 0 unspecified atom stereocenters. The van der Waals surface area contributed by atoms with Crippen molar-refractivity contribution in [2.24, 2.45) is 0 Å². The molecule has 0 bridgehead atoms. The summed E-state index contributed by atoms with van der Waals surface area (Å²) in [4.78, 5) is 25.4.